The van der Waals surface area contributed by atoms with Crippen molar-refractivity contribution in [2.45, 2.75) is 64.2 Å². The molecule has 0 bridgehead atoms. The summed E-state index contributed by atoms with van der Waals surface area (Å²) in [4.78, 5) is 2.25. The first kappa shape index (κ1) is 23.7. The number of alkyl halides is 6. The van der Waals surface area contributed by atoms with Gasteiger partial charge in [-0.3, -0.25) is 4.85 Å². The zero-order chi connectivity index (χ0) is 21.5. The van der Waals surface area contributed by atoms with Crippen molar-refractivity contribution in [3.05, 3.63) is 23.6 Å². The van der Waals surface area contributed by atoms with E-state index in [-0.39, 0.29) is 0 Å². The van der Waals surface area contributed by atoms with Gasteiger partial charge in [0.05, 0.1) is 22.5 Å². The van der Waals surface area contributed by atoms with E-state index in [2.05, 4.69) is 11.4 Å². The van der Waals surface area contributed by atoms with Gasteiger partial charge in [0.15, 0.2) is 5.41 Å². The van der Waals surface area contributed by atoms with Gasteiger partial charge in [-0.2, -0.15) is 31.6 Å². The van der Waals surface area contributed by atoms with Gasteiger partial charge in [-0.1, -0.05) is 52.5 Å². The van der Waals surface area contributed by atoms with E-state index >= 15 is 0 Å². The molecule has 1 fully saturated rings. The second kappa shape index (κ2) is 6.92. The predicted molar refractivity (Wildman–Crippen MR) is 92.5 cm³/mol. The van der Waals surface area contributed by atoms with E-state index in [1.807, 2.05) is 0 Å². The van der Waals surface area contributed by atoms with Gasteiger partial charge >= 0.3 is 12.4 Å². The quantitative estimate of drug-likeness (QED) is 0.290. The average molecular weight is 412 g/mol. The highest BCUT2D eigenvalue weighted by molar-refractivity contribution is 8.00. The monoisotopic (exact) mass is 412 g/mol. The Bertz CT molecular complexity index is 662. The third-order valence-electron chi connectivity index (χ3n) is 5.63. The molecule has 2 nitrogen and oxygen atoms in total. The van der Waals surface area contributed by atoms with Crippen LogP contribution in [0.5, 0.6) is 0 Å². The Morgan fingerprint density at radius 2 is 1.56 bits per heavy atom. The second-order valence-electron chi connectivity index (χ2n) is 8.16. The van der Waals surface area contributed by atoms with Crippen LogP contribution in [-0.4, -0.2) is 23.0 Å². The molecule has 27 heavy (non-hydrogen) atoms. The van der Waals surface area contributed by atoms with Crippen LogP contribution in [0.1, 0.15) is 47.0 Å². The van der Waals surface area contributed by atoms with Gasteiger partial charge in [0.1, 0.15) is 0 Å². The number of rotatable bonds is 4. The van der Waals surface area contributed by atoms with Crippen molar-refractivity contribution in [2.24, 2.45) is 16.2 Å². The SMILES string of the molecule is [C-]#[N+]C1(SCC(C#N)(C(=C)C(F)(F)F)C(F)(F)F)C(C)(C)CCCC1(C)C. The summed E-state index contributed by atoms with van der Waals surface area (Å²) in [6.07, 6.45) is -8.99. The molecule has 0 aromatic heterocycles. The molecule has 0 aliphatic heterocycles. The second-order valence-corrected chi connectivity index (χ2v) is 9.33. The number of thioether (sulfide) groups is 1. The van der Waals surface area contributed by atoms with Crippen molar-refractivity contribution in [3.8, 4) is 6.07 Å². The van der Waals surface area contributed by atoms with E-state index in [0.29, 0.717) is 24.6 Å². The Morgan fingerprint density at radius 1 is 1.11 bits per heavy atom. The van der Waals surface area contributed by atoms with Gasteiger partial charge in [-0.15, -0.1) is 0 Å². The molecule has 0 N–H and O–H groups in total. The molecule has 1 rings (SSSR count). The molecule has 1 saturated carbocycles. The molecule has 0 radical (unpaired) electrons. The number of nitriles is 1. The normalized spacial score (nSPS) is 23.6. The van der Waals surface area contributed by atoms with E-state index in [1.54, 1.807) is 27.7 Å². The number of nitrogens with zero attached hydrogens (tertiary/aromatic N) is 2. The van der Waals surface area contributed by atoms with Gasteiger partial charge in [0.25, 0.3) is 4.87 Å². The van der Waals surface area contributed by atoms with Crippen LogP contribution in [0, 0.1) is 34.1 Å². The maximum absolute atomic E-state index is 13.7. The molecule has 0 spiro atoms. The maximum atomic E-state index is 13.7. The van der Waals surface area contributed by atoms with Crippen LogP contribution in [0.2, 0.25) is 0 Å². The zero-order valence-corrected chi connectivity index (χ0v) is 16.4. The van der Waals surface area contributed by atoms with E-state index in [1.165, 1.54) is 0 Å². The van der Waals surface area contributed by atoms with Gasteiger partial charge in [0.2, 0.25) is 0 Å². The highest BCUT2D eigenvalue weighted by Crippen LogP contribution is 2.63. The Kier molecular flexibility index (Phi) is 6.07. The number of halogens is 6. The van der Waals surface area contributed by atoms with Crippen LogP contribution in [0.4, 0.5) is 26.3 Å². The molecule has 1 unspecified atom stereocenters. The van der Waals surface area contributed by atoms with E-state index in [9.17, 15) is 31.6 Å². The summed E-state index contributed by atoms with van der Waals surface area (Å²) in [5, 5.41) is 9.17. The zero-order valence-electron chi connectivity index (χ0n) is 15.6. The summed E-state index contributed by atoms with van der Waals surface area (Å²) < 4.78 is 80.2. The molecule has 9 heteroatoms. The molecule has 1 atom stereocenters. The highest BCUT2D eigenvalue weighted by atomic mass is 32.2. The van der Waals surface area contributed by atoms with Crippen molar-refractivity contribution in [2.75, 3.05) is 5.75 Å². The van der Waals surface area contributed by atoms with Gasteiger partial charge in [0, 0.05) is 5.75 Å². The molecular weight excluding hydrogens is 390 g/mol. The third kappa shape index (κ3) is 3.68. The number of hydrogen-bond acceptors (Lipinski definition) is 2. The van der Waals surface area contributed by atoms with Crippen LogP contribution >= 0.6 is 11.8 Å². The van der Waals surface area contributed by atoms with Crippen LogP contribution in [0.3, 0.4) is 0 Å². The molecule has 0 aromatic rings. The molecule has 152 valence electrons. The molecule has 0 aromatic carbocycles. The third-order valence-corrected chi connectivity index (χ3v) is 7.82. The lowest BCUT2D eigenvalue weighted by Gasteiger charge is -2.50. The Balaban J connectivity index is 3.50. The predicted octanol–water partition coefficient (Wildman–Crippen LogP) is 6.76. The standard InChI is InChI=1S/C18H22F6N2S/c1-12(16(19,20)21)15(10-25,18(22,23)24)11-27-17(26-6)13(2,3)8-7-9-14(17,4)5/h1,7-9,11H2,2-5H3. The lowest BCUT2D eigenvalue weighted by atomic mass is 9.61. The minimum absolute atomic E-state index is 0.504. The molecule has 0 heterocycles. The summed E-state index contributed by atoms with van der Waals surface area (Å²) in [5.74, 6) is -1.24. The van der Waals surface area contributed by atoms with Crippen molar-refractivity contribution in [1.29, 1.82) is 5.26 Å². The molecule has 0 amide bonds. The number of allylic oxidation sites excluding steroid dienone is 1. The Morgan fingerprint density at radius 3 is 1.85 bits per heavy atom. The Labute approximate surface area is 159 Å². The van der Waals surface area contributed by atoms with Crippen molar-refractivity contribution in [1.82, 2.24) is 0 Å². The van der Waals surface area contributed by atoms with E-state index in [4.69, 9.17) is 6.57 Å². The fourth-order valence-electron chi connectivity index (χ4n) is 3.91. The van der Waals surface area contributed by atoms with Crippen LogP contribution in [0.25, 0.3) is 4.85 Å². The largest absolute Gasteiger partial charge is 0.414 e. The minimum Gasteiger partial charge on any atom is -0.297 e. The Hall–Kier alpha value is -1.35. The number of hydrogen-bond donors (Lipinski definition) is 0. The lowest BCUT2D eigenvalue weighted by molar-refractivity contribution is -0.203. The van der Waals surface area contributed by atoms with Crippen molar-refractivity contribution >= 4 is 11.8 Å². The summed E-state index contributed by atoms with van der Waals surface area (Å²) in [6, 6.07) is 0.829. The van der Waals surface area contributed by atoms with Gasteiger partial charge in [-0.25, -0.2) is 6.57 Å². The molecular formula is C18H22F6N2S. The molecule has 1 aliphatic rings. The van der Waals surface area contributed by atoms with Crippen molar-refractivity contribution in [3.63, 3.8) is 0 Å². The molecule has 0 saturated heterocycles. The first-order valence-corrected chi connectivity index (χ1v) is 9.20. The van der Waals surface area contributed by atoms with Crippen LogP contribution < -0.4 is 0 Å². The highest BCUT2D eigenvalue weighted by Gasteiger charge is 2.68. The van der Waals surface area contributed by atoms with E-state index < -0.39 is 44.8 Å². The minimum atomic E-state index is -5.48. The summed E-state index contributed by atoms with van der Waals surface area (Å²) in [7, 11) is 0. The van der Waals surface area contributed by atoms with Gasteiger partial charge < -0.3 is 0 Å². The first-order valence-electron chi connectivity index (χ1n) is 8.21. The van der Waals surface area contributed by atoms with Crippen molar-refractivity contribution < 1.29 is 26.3 Å². The topological polar surface area (TPSA) is 28.1 Å². The molecule has 1 aliphatic carbocycles. The van der Waals surface area contributed by atoms with Gasteiger partial charge in [-0.05, 0) is 12.8 Å². The summed E-state index contributed by atoms with van der Waals surface area (Å²) in [5.41, 5.74) is -7.44. The fraction of sp³-hybridized carbons (Fsp3) is 0.778. The summed E-state index contributed by atoms with van der Waals surface area (Å²) >= 11 is 0.504. The first-order chi connectivity index (χ1) is 11.9. The van der Waals surface area contributed by atoms with Crippen LogP contribution in [-0.2, 0) is 0 Å². The average Bonchev–Trinajstić information content (AvgIpc) is 2.47. The summed E-state index contributed by atoms with van der Waals surface area (Å²) in [6.45, 7) is 17.2. The van der Waals surface area contributed by atoms with E-state index in [0.717, 1.165) is 12.5 Å². The maximum Gasteiger partial charge on any atom is 0.414 e. The lowest BCUT2D eigenvalue weighted by Crippen LogP contribution is -2.55. The smallest absolute Gasteiger partial charge is 0.297 e. The van der Waals surface area contributed by atoms with Crippen LogP contribution in [0.15, 0.2) is 12.2 Å². The fourth-order valence-corrected chi connectivity index (χ4v) is 5.79.